The minimum atomic E-state index is -4.32. The van der Waals surface area contributed by atoms with Gasteiger partial charge in [0.05, 0.1) is 19.5 Å². The van der Waals surface area contributed by atoms with Crippen molar-refractivity contribution in [1.82, 2.24) is 0 Å². The summed E-state index contributed by atoms with van der Waals surface area (Å²) in [6, 6.07) is 0. The van der Waals surface area contributed by atoms with E-state index >= 15 is 0 Å². The van der Waals surface area contributed by atoms with Crippen molar-refractivity contribution in [1.29, 1.82) is 0 Å². The fourth-order valence-electron chi connectivity index (χ4n) is 5.23. The number of esters is 1. The summed E-state index contributed by atoms with van der Waals surface area (Å²) in [5, 5.41) is 0. The molecule has 3 N–H and O–H groups in total. The molecule has 0 bridgehead atoms. The van der Waals surface area contributed by atoms with Crippen LogP contribution in [0.5, 0.6) is 0 Å². The van der Waals surface area contributed by atoms with Crippen molar-refractivity contribution >= 4 is 13.8 Å². The van der Waals surface area contributed by atoms with Gasteiger partial charge in [0.25, 0.3) is 0 Å². The van der Waals surface area contributed by atoms with Gasteiger partial charge in [0.1, 0.15) is 6.61 Å². The normalized spacial score (nSPS) is 14.3. The molecule has 9 heteroatoms. The van der Waals surface area contributed by atoms with Crippen LogP contribution in [0, 0.1) is 0 Å². The number of carbonyl (C=O) groups is 1. The zero-order chi connectivity index (χ0) is 39.5. The Hall–Kier alpha value is -2.48. The Balaban J connectivity index is 4.28. The first-order valence-electron chi connectivity index (χ1n) is 21.1. The highest BCUT2D eigenvalue weighted by atomic mass is 31.2. The lowest BCUT2D eigenvalue weighted by atomic mass is 10.1. The largest absolute Gasteiger partial charge is 0.498 e. The molecule has 0 aromatic rings. The zero-order valence-corrected chi connectivity index (χ0v) is 35.1. The van der Waals surface area contributed by atoms with Crippen LogP contribution in [-0.4, -0.2) is 43.3 Å². The second-order valence-electron chi connectivity index (χ2n) is 13.6. The van der Waals surface area contributed by atoms with Crippen molar-refractivity contribution in [2.24, 2.45) is 5.73 Å². The first-order valence-corrected chi connectivity index (χ1v) is 22.6. The topological polar surface area (TPSA) is 117 Å². The Bertz CT molecular complexity index is 1100. The van der Waals surface area contributed by atoms with Gasteiger partial charge in [-0.1, -0.05) is 145 Å². The van der Waals surface area contributed by atoms with E-state index in [2.05, 4.69) is 74.6 Å². The molecule has 0 heterocycles. The van der Waals surface area contributed by atoms with Crippen LogP contribution in [0.4, 0.5) is 0 Å². The van der Waals surface area contributed by atoms with E-state index in [-0.39, 0.29) is 32.8 Å². The van der Waals surface area contributed by atoms with Gasteiger partial charge in [-0.2, -0.15) is 0 Å². The van der Waals surface area contributed by atoms with Crippen LogP contribution in [0.15, 0.2) is 85.3 Å². The molecule has 310 valence electrons. The first kappa shape index (κ1) is 51.5. The quantitative estimate of drug-likeness (QED) is 0.0208. The molecule has 0 aliphatic rings. The van der Waals surface area contributed by atoms with Gasteiger partial charge in [-0.05, 0) is 89.5 Å². The number of phosphoric ester groups is 1. The number of phosphoric acid groups is 1. The molecule has 1 unspecified atom stereocenters. The average Bonchev–Trinajstić information content (AvgIpc) is 3.16. The molecule has 0 aromatic carbocycles. The maximum Gasteiger partial charge on any atom is 0.472 e. The second kappa shape index (κ2) is 41.7. The van der Waals surface area contributed by atoms with E-state index in [4.69, 9.17) is 24.3 Å². The summed E-state index contributed by atoms with van der Waals surface area (Å²) in [7, 11) is -4.32. The Morgan fingerprint density at radius 2 is 1.00 bits per heavy atom. The van der Waals surface area contributed by atoms with Gasteiger partial charge in [0.15, 0.2) is 6.10 Å². The van der Waals surface area contributed by atoms with Gasteiger partial charge in [0.2, 0.25) is 0 Å². The summed E-state index contributed by atoms with van der Waals surface area (Å²) in [5.41, 5.74) is 5.35. The fraction of sp³-hybridized carbons (Fsp3) is 0.667. The van der Waals surface area contributed by atoms with Crippen LogP contribution in [-0.2, 0) is 27.9 Å². The predicted molar refractivity (Wildman–Crippen MR) is 228 cm³/mol. The minimum absolute atomic E-state index is 0.00783. The zero-order valence-electron chi connectivity index (χ0n) is 34.2. The third-order valence-corrected chi connectivity index (χ3v) is 9.35. The molecule has 0 fully saturated rings. The highest BCUT2D eigenvalue weighted by molar-refractivity contribution is 7.47. The number of hydrogen-bond donors (Lipinski definition) is 2. The van der Waals surface area contributed by atoms with Gasteiger partial charge in [-0.15, -0.1) is 0 Å². The molecule has 0 radical (unpaired) electrons. The highest BCUT2D eigenvalue weighted by Crippen LogP contribution is 2.43. The van der Waals surface area contributed by atoms with Crippen LogP contribution in [0.3, 0.4) is 0 Å². The summed E-state index contributed by atoms with van der Waals surface area (Å²) >= 11 is 0. The monoisotopic (exact) mass is 776 g/mol. The van der Waals surface area contributed by atoms with E-state index in [0.29, 0.717) is 6.42 Å². The smallest absolute Gasteiger partial charge is 0.472 e. The molecule has 0 rings (SSSR count). The lowest BCUT2D eigenvalue weighted by Gasteiger charge is -2.19. The molecule has 8 nitrogen and oxygen atoms in total. The lowest BCUT2D eigenvalue weighted by molar-refractivity contribution is -0.153. The van der Waals surface area contributed by atoms with Crippen molar-refractivity contribution in [3.8, 4) is 0 Å². The van der Waals surface area contributed by atoms with Crippen LogP contribution >= 0.6 is 7.82 Å². The Kier molecular flexibility index (Phi) is 39.8. The van der Waals surface area contributed by atoms with Crippen molar-refractivity contribution in [3.05, 3.63) is 85.3 Å². The van der Waals surface area contributed by atoms with Crippen molar-refractivity contribution in [3.63, 3.8) is 0 Å². The first-order chi connectivity index (χ1) is 26.4. The third kappa shape index (κ3) is 40.7. The van der Waals surface area contributed by atoms with Crippen LogP contribution < -0.4 is 5.73 Å². The fourth-order valence-corrected chi connectivity index (χ4v) is 6.00. The highest BCUT2D eigenvalue weighted by Gasteiger charge is 2.25. The van der Waals surface area contributed by atoms with Crippen LogP contribution in [0.25, 0.3) is 0 Å². The molecule has 0 amide bonds. The number of nitrogens with two attached hydrogens (primary N) is 1. The molecule has 54 heavy (non-hydrogen) atoms. The van der Waals surface area contributed by atoms with E-state index in [9.17, 15) is 14.3 Å². The summed E-state index contributed by atoms with van der Waals surface area (Å²) < 4.78 is 33.0. The SMILES string of the molecule is CCCCC/C=C\C/C=C\C/C=C\C/C=C\C/C=C\CCC(=O)O[C@H](CO/C=C\CCCCCC/C=C\CCCCCCCC)COP(=O)(O)OCCN. The number of ether oxygens (including phenoxy) is 2. The number of carbonyl (C=O) groups excluding carboxylic acids is 1. The van der Waals surface area contributed by atoms with E-state index < -0.39 is 19.9 Å². The van der Waals surface area contributed by atoms with Crippen molar-refractivity contribution in [2.45, 2.75) is 168 Å². The Morgan fingerprint density at radius 1 is 0.574 bits per heavy atom. The Morgan fingerprint density at radius 3 is 1.54 bits per heavy atom. The number of hydrogen-bond acceptors (Lipinski definition) is 7. The van der Waals surface area contributed by atoms with Crippen LogP contribution in [0.2, 0.25) is 0 Å². The summed E-state index contributed by atoms with van der Waals surface area (Å²) in [5.74, 6) is -0.438. The summed E-state index contributed by atoms with van der Waals surface area (Å²) in [4.78, 5) is 22.4. The maximum absolute atomic E-state index is 12.5. The third-order valence-electron chi connectivity index (χ3n) is 8.36. The molecular weight excluding hydrogens is 697 g/mol. The number of rotatable bonds is 39. The average molecular weight is 776 g/mol. The number of allylic oxidation sites excluding steroid dienone is 13. The number of unbranched alkanes of at least 4 members (excludes halogenated alkanes) is 14. The molecule has 2 atom stereocenters. The van der Waals surface area contributed by atoms with E-state index in [1.807, 2.05) is 18.2 Å². The standard InChI is InChI=1S/C45H78NO7P/c1-3-5-7-9-11-13-15-17-19-21-22-23-24-26-28-30-32-34-36-38-45(47)53-44(43-52-54(48,49)51-41-39-46)42-50-40-37-35-33-31-29-27-25-20-18-16-14-12-10-8-6-4-2/h11,13,17-20,22-23,26,28,32,34,37,40,44H,3-10,12,14-16,21,24-25,27,29-31,33,35-36,38-39,41-43,46H2,1-2H3,(H,48,49)/b13-11-,19-17-,20-18-,23-22-,28-26-,34-32-,40-37-/t44-/m1/s1. The van der Waals surface area contributed by atoms with Crippen molar-refractivity contribution in [2.75, 3.05) is 26.4 Å². The minimum Gasteiger partial charge on any atom is -0.498 e. The van der Waals surface area contributed by atoms with E-state index in [1.54, 1.807) is 6.26 Å². The summed E-state index contributed by atoms with van der Waals surface area (Å²) in [6.07, 6.45) is 54.2. The van der Waals surface area contributed by atoms with E-state index in [0.717, 1.165) is 51.4 Å². The Labute approximate surface area is 330 Å². The van der Waals surface area contributed by atoms with Crippen LogP contribution in [0.1, 0.15) is 162 Å². The molecule has 0 aromatic heterocycles. The molecule has 0 saturated heterocycles. The molecule has 0 aliphatic carbocycles. The van der Waals surface area contributed by atoms with Crippen molar-refractivity contribution < 1.29 is 32.8 Å². The van der Waals surface area contributed by atoms with Gasteiger partial charge < -0.3 is 20.1 Å². The summed E-state index contributed by atoms with van der Waals surface area (Å²) in [6.45, 7) is 4.09. The molecule has 0 aliphatic heterocycles. The predicted octanol–water partition coefficient (Wildman–Crippen LogP) is 12.9. The molecular formula is C45H78NO7P. The molecule has 0 spiro atoms. The van der Waals surface area contributed by atoms with Gasteiger partial charge in [-0.3, -0.25) is 13.8 Å². The van der Waals surface area contributed by atoms with Gasteiger partial charge in [0, 0.05) is 13.0 Å². The van der Waals surface area contributed by atoms with E-state index in [1.165, 1.54) is 83.5 Å². The lowest BCUT2D eigenvalue weighted by Crippen LogP contribution is -2.27. The molecule has 0 saturated carbocycles. The van der Waals surface area contributed by atoms with Gasteiger partial charge >= 0.3 is 13.8 Å². The van der Waals surface area contributed by atoms with Gasteiger partial charge in [-0.25, -0.2) is 4.57 Å². The maximum atomic E-state index is 12.5. The second-order valence-corrected chi connectivity index (χ2v) is 15.0.